The molecule has 0 aliphatic carbocycles. The molecule has 2 aromatic rings. The van der Waals surface area contributed by atoms with Crippen molar-refractivity contribution in [3.63, 3.8) is 0 Å². The number of ketones is 1. The molecule has 0 unspecified atom stereocenters. The molecule has 2 aromatic carbocycles. The summed E-state index contributed by atoms with van der Waals surface area (Å²) in [7, 11) is 0. The Morgan fingerprint density at radius 2 is 1.62 bits per heavy atom. The predicted octanol–water partition coefficient (Wildman–Crippen LogP) is 3.28. The maximum absolute atomic E-state index is 12.2. The van der Waals surface area contributed by atoms with Gasteiger partial charge >= 0.3 is 0 Å². The molecule has 0 saturated heterocycles. The lowest BCUT2D eigenvalue weighted by atomic mass is 10.1. The lowest BCUT2D eigenvalue weighted by Gasteiger charge is -2.07. The number of hydrogen-bond acceptors (Lipinski definition) is 4. The summed E-state index contributed by atoms with van der Waals surface area (Å²) >= 11 is 0. The zero-order valence-electron chi connectivity index (χ0n) is 14.4. The summed E-state index contributed by atoms with van der Waals surface area (Å²) < 4.78 is 0. The van der Waals surface area contributed by atoms with Crippen LogP contribution in [-0.2, 0) is 9.59 Å². The van der Waals surface area contributed by atoms with Crippen molar-refractivity contribution in [3.05, 3.63) is 71.3 Å². The van der Waals surface area contributed by atoms with Crippen LogP contribution in [0.25, 0.3) is 0 Å². The van der Waals surface area contributed by atoms with Crippen molar-refractivity contribution < 1.29 is 14.4 Å². The van der Waals surface area contributed by atoms with E-state index in [9.17, 15) is 14.4 Å². The second-order valence-electron chi connectivity index (χ2n) is 5.56. The number of amides is 2. The summed E-state index contributed by atoms with van der Waals surface area (Å²) in [6.07, 6.45) is 1.16. The van der Waals surface area contributed by atoms with Crippen molar-refractivity contribution in [2.45, 2.75) is 13.8 Å². The number of hydrogen-bond donors (Lipinski definition) is 2. The normalized spacial score (nSPS) is 10.6. The fourth-order valence-corrected chi connectivity index (χ4v) is 2.14. The second-order valence-corrected chi connectivity index (χ2v) is 5.56. The van der Waals surface area contributed by atoms with Gasteiger partial charge in [-0.25, -0.2) is 0 Å². The minimum Gasteiger partial charge on any atom is -0.322 e. The van der Waals surface area contributed by atoms with E-state index in [1.165, 1.54) is 13.8 Å². The fraction of sp³-hybridized carbons (Fsp3) is 0.100. The van der Waals surface area contributed by atoms with Crippen LogP contribution in [0.3, 0.4) is 0 Å². The molecule has 6 nitrogen and oxygen atoms in total. The molecule has 6 heteroatoms. The van der Waals surface area contributed by atoms with Crippen LogP contribution in [-0.4, -0.2) is 17.6 Å². The van der Waals surface area contributed by atoms with Gasteiger partial charge in [0.2, 0.25) is 5.91 Å². The molecule has 0 aliphatic rings. The van der Waals surface area contributed by atoms with Gasteiger partial charge in [-0.2, -0.15) is 5.26 Å². The first kappa shape index (κ1) is 18.6. The van der Waals surface area contributed by atoms with Crippen molar-refractivity contribution in [2.75, 3.05) is 10.6 Å². The summed E-state index contributed by atoms with van der Waals surface area (Å²) in [6, 6.07) is 15.0. The Morgan fingerprint density at radius 3 is 2.23 bits per heavy atom. The first-order chi connectivity index (χ1) is 12.4. The highest BCUT2D eigenvalue weighted by atomic mass is 16.2. The van der Waals surface area contributed by atoms with E-state index < -0.39 is 11.8 Å². The summed E-state index contributed by atoms with van der Waals surface area (Å²) in [6.45, 7) is 2.97. The summed E-state index contributed by atoms with van der Waals surface area (Å²) in [5.74, 6) is -1.01. The van der Waals surface area contributed by atoms with E-state index in [1.54, 1.807) is 48.5 Å². The standard InChI is InChI=1S/C20H17N3O3/c1-13(11-19(25)23-18-6-4-3-5-16(18)12-21)20(26)22-17-9-7-15(8-10-17)14(2)24/h3-11H,1-2H3,(H,22,26)(H,23,25)/b13-11-. The Balaban J connectivity index is 2.03. The van der Waals surface area contributed by atoms with Gasteiger partial charge in [0.05, 0.1) is 11.3 Å². The van der Waals surface area contributed by atoms with Gasteiger partial charge in [-0.05, 0) is 50.2 Å². The molecule has 0 bridgehead atoms. The minimum atomic E-state index is -0.507. The van der Waals surface area contributed by atoms with Crippen LogP contribution in [0, 0.1) is 11.3 Å². The zero-order valence-corrected chi connectivity index (χ0v) is 14.4. The smallest absolute Gasteiger partial charge is 0.251 e. The van der Waals surface area contributed by atoms with Crippen LogP contribution in [0.5, 0.6) is 0 Å². The number of benzene rings is 2. The number of Topliss-reactive ketones (excluding diaryl/α,β-unsaturated/α-hetero) is 1. The quantitative estimate of drug-likeness (QED) is 0.640. The number of carbonyl (C=O) groups is 3. The lowest BCUT2D eigenvalue weighted by Crippen LogP contribution is -2.16. The molecule has 26 heavy (non-hydrogen) atoms. The Morgan fingerprint density at radius 1 is 0.962 bits per heavy atom. The van der Waals surface area contributed by atoms with Crippen LogP contribution < -0.4 is 10.6 Å². The fourth-order valence-electron chi connectivity index (χ4n) is 2.14. The maximum atomic E-state index is 12.2. The molecular weight excluding hydrogens is 330 g/mol. The molecule has 0 saturated carbocycles. The Labute approximate surface area is 151 Å². The minimum absolute atomic E-state index is 0.0618. The Kier molecular flexibility index (Phi) is 6.01. The van der Waals surface area contributed by atoms with Gasteiger partial charge in [0.1, 0.15) is 6.07 Å². The third kappa shape index (κ3) is 4.89. The average molecular weight is 347 g/mol. The van der Waals surface area contributed by atoms with Gasteiger partial charge in [0, 0.05) is 22.9 Å². The third-order valence-electron chi connectivity index (χ3n) is 3.56. The van der Waals surface area contributed by atoms with E-state index in [-0.39, 0.29) is 11.4 Å². The van der Waals surface area contributed by atoms with Gasteiger partial charge in [-0.1, -0.05) is 12.1 Å². The largest absolute Gasteiger partial charge is 0.322 e. The molecule has 0 atom stereocenters. The number of anilines is 2. The second kappa shape index (κ2) is 8.40. The first-order valence-electron chi connectivity index (χ1n) is 7.81. The molecule has 0 heterocycles. The van der Waals surface area contributed by atoms with Crippen LogP contribution in [0.4, 0.5) is 11.4 Å². The van der Waals surface area contributed by atoms with Crippen LogP contribution in [0.15, 0.2) is 60.2 Å². The Bertz CT molecular complexity index is 922. The highest BCUT2D eigenvalue weighted by molar-refractivity contribution is 6.10. The molecule has 2 rings (SSSR count). The number of nitrogens with zero attached hydrogens (tertiary/aromatic N) is 1. The highest BCUT2D eigenvalue weighted by Crippen LogP contribution is 2.14. The summed E-state index contributed by atoms with van der Waals surface area (Å²) in [5.41, 5.74) is 1.98. The van der Waals surface area contributed by atoms with Crippen LogP contribution in [0.2, 0.25) is 0 Å². The number of rotatable bonds is 5. The summed E-state index contributed by atoms with van der Waals surface area (Å²) in [4.78, 5) is 35.5. The SMILES string of the molecule is CC(=O)c1ccc(NC(=O)/C(C)=C\C(=O)Nc2ccccc2C#N)cc1. The molecule has 2 amide bonds. The van der Waals surface area contributed by atoms with Gasteiger partial charge in [-0.15, -0.1) is 0 Å². The van der Waals surface area contributed by atoms with Crippen molar-refractivity contribution in [1.29, 1.82) is 5.26 Å². The molecule has 0 fully saturated rings. The zero-order chi connectivity index (χ0) is 19.1. The highest BCUT2D eigenvalue weighted by Gasteiger charge is 2.09. The molecule has 2 N–H and O–H groups in total. The molecule has 130 valence electrons. The van der Waals surface area contributed by atoms with Crippen molar-refractivity contribution >= 4 is 29.0 Å². The first-order valence-corrected chi connectivity index (χ1v) is 7.81. The number of nitrogens with one attached hydrogen (secondary N) is 2. The van der Waals surface area contributed by atoms with Gasteiger partial charge in [0.15, 0.2) is 5.78 Å². The maximum Gasteiger partial charge on any atom is 0.251 e. The van der Waals surface area contributed by atoms with Crippen molar-refractivity contribution in [1.82, 2.24) is 0 Å². The van der Waals surface area contributed by atoms with Crippen molar-refractivity contribution in [2.24, 2.45) is 0 Å². The van der Waals surface area contributed by atoms with E-state index >= 15 is 0 Å². The van der Waals surface area contributed by atoms with E-state index in [1.807, 2.05) is 6.07 Å². The number of carbonyl (C=O) groups excluding carboxylic acids is 3. The predicted molar refractivity (Wildman–Crippen MR) is 98.6 cm³/mol. The summed E-state index contributed by atoms with van der Waals surface area (Å²) in [5, 5.41) is 14.2. The number of nitriles is 1. The van der Waals surface area contributed by atoms with Gasteiger partial charge < -0.3 is 10.6 Å². The van der Waals surface area contributed by atoms with E-state index in [2.05, 4.69) is 10.6 Å². The monoisotopic (exact) mass is 347 g/mol. The van der Waals surface area contributed by atoms with Crippen LogP contribution >= 0.6 is 0 Å². The van der Waals surface area contributed by atoms with E-state index in [0.717, 1.165) is 6.08 Å². The Hall–Kier alpha value is -3.72. The lowest BCUT2D eigenvalue weighted by molar-refractivity contribution is -0.114. The molecule has 0 spiro atoms. The molecule has 0 radical (unpaired) electrons. The average Bonchev–Trinajstić information content (AvgIpc) is 2.62. The molecule has 0 aliphatic heterocycles. The van der Waals surface area contributed by atoms with Gasteiger partial charge in [0.25, 0.3) is 5.91 Å². The van der Waals surface area contributed by atoms with Crippen LogP contribution in [0.1, 0.15) is 29.8 Å². The topological polar surface area (TPSA) is 99.1 Å². The number of para-hydroxylation sites is 1. The third-order valence-corrected chi connectivity index (χ3v) is 3.56. The van der Waals surface area contributed by atoms with E-state index in [0.29, 0.717) is 22.5 Å². The molecular formula is C20H17N3O3. The van der Waals surface area contributed by atoms with Gasteiger partial charge in [-0.3, -0.25) is 14.4 Å². The van der Waals surface area contributed by atoms with E-state index in [4.69, 9.17) is 5.26 Å². The molecule has 0 aromatic heterocycles. The van der Waals surface area contributed by atoms with Crippen molar-refractivity contribution in [3.8, 4) is 6.07 Å².